The smallest absolute Gasteiger partial charge is 0.860 e. The van der Waals surface area contributed by atoms with Gasteiger partial charge in [0.25, 0.3) is 0 Å². The van der Waals surface area contributed by atoms with E-state index in [0.29, 0.717) is 12.8 Å². The average Bonchev–Trinajstić information content (AvgIpc) is 2.95. The van der Waals surface area contributed by atoms with Crippen molar-refractivity contribution < 1.29 is 33.5 Å². The summed E-state index contributed by atoms with van der Waals surface area (Å²) in [5, 5.41) is 12.4. The van der Waals surface area contributed by atoms with Crippen molar-refractivity contribution in [2.45, 2.75) is 18.9 Å². The van der Waals surface area contributed by atoms with Crippen molar-refractivity contribution >= 4 is 6.09 Å². The van der Waals surface area contributed by atoms with E-state index in [1.165, 1.54) is 4.90 Å². The van der Waals surface area contributed by atoms with Gasteiger partial charge in [-0.1, -0.05) is 66.7 Å². The van der Waals surface area contributed by atoms with Crippen molar-refractivity contribution in [2.24, 2.45) is 0 Å². The zero-order chi connectivity index (χ0) is 16.1. The minimum Gasteiger partial charge on any atom is -0.860 e. The molecule has 24 heavy (non-hydrogen) atoms. The van der Waals surface area contributed by atoms with Crippen LogP contribution in [0, 0.1) is 0 Å². The summed E-state index contributed by atoms with van der Waals surface area (Å²) in [6.45, 7) is 0.249. The van der Waals surface area contributed by atoms with Gasteiger partial charge in [-0.25, -0.2) is 4.79 Å². The van der Waals surface area contributed by atoms with Crippen LogP contribution < -0.4 is 24.0 Å². The maximum absolute atomic E-state index is 12.4. The Morgan fingerprint density at radius 3 is 2.29 bits per heavy atom. The summed E-state index contributed by atoms with van der Waals surface area (Å²) in [5.41, 5.74) is 2.12. The SMILES string of the molecule is O=C1OC[C@H](Cc2ccccc2)N1/C([O-])=C/Cc1ccccc1.[Li+]. The molecule has 0 aromatic heterocycles. The minimum atomic E-state index is -0.555. The maximum atomic E-state index is 12.4. The van der Waals surface area contributed by atoms with E-state index in [-0.39, 0.29) is 37.4 Å². The van der Waals surface area contributed by atoms with Crippen LogP contribution in [0.2, 0.25) is 0 Å². The Hall–Kier alpha value is -2.15. The number of allylic oxidation sites excluding steroid dienone is 1. The van der Waals surface area contributed by atoms with Crippen LogP contribution in [-0.4, -0.2) is 23.6 Å². The second-order valence-corrected chi connectivity index (χ2v) is 5.52. The first-order valence-corrected chi connectivity index (χ1v) is 7.65. The molecule has 5 heteroatoms. The van der Waals surface area contributed by atoms with Gasteiger partial charge in [0, 0.05) is 0 Å². The molecular formula is C19H18LiNO3. The Kier molecular flexibility index (Phi) is 6.54. The van der Waals surface area contributed by atoms with Crippen molar-refractivity contribution in [1.82, 2.24) is 4.90 Å². The first-order chi connectivity index (χ1) is 11.2. The summed E-state index contributed by atoms with van der Waals surface area (Å²) < 4.78 is 5.07. The van der Waals surface area contributed by atoms with Crippen LogP contribution in [0.5, 0.6) is 0 Å². The van der Waals surface area contributed by atoms with Gasteiger partial charge in [-0.2, -0.15) is 0 Å². The fourth-order valence-electron chi connectivity index (χ4n) is 2.68. The molecule has 1 amide bonds. The molecular weight excluding hydrogens is 297 g/mol. The van der Waals surface area contributed by atoms with Gasteiger partial charge in [-0.3, -0.25) is 4.90 Å². The summed E-state index contributed by atoms with van der Waals surface area (Å²) in [5.74, 6) is -0.294. The van der Waals surface area contributed by atoms with Crippen LogP contribution in [0.3, 0.4) is 0 Å². The van der Waals surface area contributed by atoms with E-state index >= 15 is 0 Å². The van der Waals surface area contributed by atoms with Gasteiger partial charge in [-0.05, 0) is 29.9 Å². The van der Waals surface area contributed by atoms with E-state index in [0.717, 1.165) is 11.1 Å². The summed E-state index contributed by atoms with van der Waals surface area (Å²) in [6.07, 6.45) is 2.10. The molecule has 0 spiro atoms. The second kappa shape index (κ2) is 8.63. The molecule has 2 aromatic carbocycles. The molecule has 3 rings (SSSR count). The number of cyclic esters (lactones) is 1. The topological polar surface area (TPSA) is 52.6 Å². The normalized spacial score (nSPS) is 17.3. The van der Waals surface area contributed by atoms with Crippen molar-refractivity contribution in [3.63, 3.8) is 0 Å². The largest absolute Gasteiger partial charge is 1.00 e. The van der Waals surface area contributed by atoms with Gasteiger partial charge in [0.15, 0.2) is 0 Å². The second-order valence-electron chi connectivity index (χ2n) is 5.52. The van der Waals surface area contributed by atoms with Gasteiger partial charge >= 0.3 is 25.0 Å². The van der Waals surface area contributed by atoms with Crippen molar-refractivity contribution in [3.8, 4) is 0 Å². The van der Waals surface area contributed by atoms with Crippen LogP contribution in [0.25, 0.3) is 0 Å². The predicted molar refractivity (Wildman–Crippen MR) is 85.4 cm³/mol. The van der Waals surface area contributed by atoms with Gasteiger partial charge in [0.05, 0.1) is 6.04 Å². The predicted octanol–water partition coefficient (Wildman–Crippen LogP) is -0.502. The summed E-state index contributed by atoms with van der Waals surface area (Å²) in [7, 11) is 0. The molecule has 1 aliphatic rings. The molecule has 118 valence electrons. The fraction of sp³-hybridized carbons (Fsp3) is 0.211. The van der Waals surface area contributed by atoms with Crippen LogP contribution in [0.4, 0.5) is 4.79 Å². The monoisotopic (exact) mass is 315 g/mol. The van der Waals surface area contributed by atoms with Crippen LogP contribution in [-0.2, 0) is 17.6 Å². The quantitative estimate of drug-likeness (QED) is 0.552. The van der Waals surface area contributed by atoms with Crippen molar-refractivity contribution in [2.75, 3.05) is 6.61 Å². The molecule has 1 saturated heterocycles. The Balaban J connectivity index is 0.00000208. The van der Waals surface area contributed by atoms with Gasteiger partial charge in [-0.15, -0.1) is 0 Å². The van der Waals surface area contributed by atoms with E-state index < -0.39 is 6.09 Å². The molecule has 0 unspecified atom stereocenters. The number of carbonyl (C=O) groups is 1. The van der Waals surface area contributed by atoms with Gasteiger partial charge in [0.1, 0.15) is 6.61 Å². The Labute approximate surface area is 153 Å². The van der Waals surface area contributed by atoms with E-state index in [1.807, 2.05) is 60.7 Å². The number of carbonyl (C=O) groups excluding carboxylic acids is 1. The van der Waals surface area contributed by atoms with Crippen molar-refractivity contribution in [1.29, 1.82) is 0 Å². The third-order valence-electron chi connectivity index (χ3n) is 3.87. The number of ether oxygens (including phenoxy) is 1. The third-order valence-corrected chi connectivity index (χ3v) is 3.87. The van der Waals surface area contributed by atoms with Gasteiger partial charge in [0.2, 0.25) is 0 Å². The zero-order valence-electron chi connectivity index (χ0n) is 13.7. The third kappa shape index (κ3) is 4.44. The van der Waals surface area contributed by atoms with Gasteiger partial charge < -0.3 is 9.84 Å². The molecule has 2 aromatic rings. The standard InChI is InChI=1S/C19H19NO3.Li/c21-18(12-11-15-7-3-1-4-8-15)20-17(14-23-19(20)22)13-16-9-5-2-6-10-16;/h1-10,12,17,21H,11,13-14H2;/q;+1/p-1/b18-12-;/t17-;/m0./s1. The molecule has 0 aliphatic carbocycles. The number of hydrogen-bond acceptors (Lipinski definition) is 3. The Morgan fingerprint density at radius 2 is 1.67 bits per heavy atom. The number of hydrogen-bond donors (Lipinski definition) is 0. The molecule has 1 atom stereocenters. The van der Waals surface area contributed by atoms with Crippen molar-refractivity contribution in [3.05, 3.63) is 83.7 Å². The molecule has 1 fully saturated rings. The molecule has 0 N–H and O–H groups in total. The Bertz CT molecular complexity index is 688. The van der Waals surface area contributed by atoms with Crippen LogP contribution in [0.15, 0.2) is 72.6 Å². The summed E-state index contributed by atoms with van der Waals surface area (Å²) in [4.78, 5) is 13.1. The Morgan fingerprint density at radius 1 is 1.08 bits per heavy atom. The van der Waals surface area contributed by atoms with E-state index in [4.69, 9.17) is 4.74 Å². The summed E-state index contributed by atoms with van der Waals surface area (Å²) >= 11 is 0. The molecule has 1 aliphatic heterocycles. The zero-order valence-corrected chi connectivity index (χ0v) is 13.7. The molecule has 0 saturated carbocycles. The first kappa shape index (κ1) is 18.2. The molecule has 0 radical (unpaired) electrons. The molecule has 1 heterocycles. The minimum absolute atomic E-state index is 0. The number of rotatable bonds is 5. The van der Waals surface area contributed by atoms with Crippen LogP contribution >= 0.6 is 0 Å². The first-order valence-electron chi connectivity index (χ1n) is 7.65. The average molecular weight is 315 g/mol. The molecule has 0 bridgehead atoms. The van der Waals surface area contributed by atoms with E-state index in [9.17, 15) is 9.90 Å². The number of amides is 1. The van der Waals surface area contributed by atoms with E-state index in [2.05, 4.69) is 0 Å². The number of nitrogens with zero attached hydrogens (tertiary/aromatic N) is 1. The molecule has 4 nitrogen and oxygen atoms in total. The van der Waals surface area contributed by atoms with Crippen LogP contribution in [0.1, 0.15) is 11.1 Å². The summed E-state index contributed by atoms with van der Waals surface area (Å²) in [6, 6.07) is 19.2. The van der Waals surface area contributed by atoms with E-state index in [1.54, 1.807) is 6.08 Å². The fourth-order valence-corrected chi connectivity index (χ4v) is 2.68. The maximum Gasteiger partial charge on any atom is 1.00 e. The number of benzene rings is 2.